The number of benzene rings is 1. The molecule has 1 saturated heterocycles. The lowest BCUT2D eigenvalue weighted by atomic mass is 10.2. The van der Waals surface area contributed by atoms with Gasteiger partial charge in [0.2, 0.25) is 11.7 Å². The van der Waals surface area contributed by atoms with Crippen LogP contribution in [0.1, 0.15) is 18.4 Å². The van der Waals surface area contributed by atoms with Crippen LogP contribution >= 0.6 is 0 Å². The highest BCUT2D eigenvalue weighted by molar-refractivity contribution is 5.56. The summed E-state index contributed by atoms with van der Waals surface area (Å²) >= 11 is 0. The summed E-state index contributed by atoms with van der Waals surface area (Å²) in [6.07, 6.45) is 0.247. The molecule has 2 heterocycles. The van der Waals surface area contributed by atoms with E-state index in [1.165, 1.54) is 0 Å². The van der Waals surface area contributed by atoms with Crippen LogP contribution in [-0.2, 0) is 0 Å². The van der Waals surface area contributed by atoms with E-state index in [1.807, 2.05) is 24.3 Å². The third-order valence-corrected chi connectivity index (χ3v) is 3.18. The fourth-order valence-corrected chi connectivity index (χ4v) is 2.16. The number of nitrogens with one attached hydrogen (secondary N) is 1. The van der Waals surface area contributed by atoms with Gasteiger partial charge in [-0.3, -0.25) is 0 Å². The average molecular weight is 261 g/mol. The van der Waals surface area contributed by atoms with E-state index in [4.69, 9.17) is 9.26 Å². The zero-order valence-electron chi connectivity index (χ0n) is 10.5. The van der Waals surface area contributed by atoms with Crippen LogP contribution in [-0.4, -0.2) is 35.0 Å². The van der Waals surface area contributed by atoms with Gasteiger partial charge < -0.3 is 19.7 Å². The lowest BCUT2D eigenvalue weighted by molar-refractivity contribution is 0.191. The number of β-amino-alcohol motifs (C(OH)–C–C–N with tert-alkyl or cyclic N) is 1. The maximum absolute atomic E-state index is 9.48. The van der Waals surface area contributed by atoms with Crippen molar-refractivity contribution in [3.8, 4) is 17.1 Å². The summed E-state index contributed by atoms with van der Waals surface area (Å²) in [6.45, 7) is 0.557. The molecule has 0 radical (unpaired) electrons. The van der Waals surface area contributed by atoms with Crippen LogP contribution in [0.15, 0.2) is 28.8 Å². The molecule has 3 rings (SSSR count). The third-order valence-electron chi connectivity index (χ3n) is 3.18. The normalized spacial score (nSPS) is 22.6. The Morgan fingerprint density at radius 2 is 2.37 bits per heavy atom. The number of aromatic nitrogens is 2. The second kappa shape index (κ2) is 4.99. The number of hydrogen-bond donors (Lipinski definition) is 2. The molecule has 100 valence electrons. The standard InChI is InChI=1S/C13H15N3O3/c1-18-10-4-2-3-8(5-10)12-15-13(19-16-12)11-6-9(17)7-14-11/h2-5,9,11,14,17H,6-7H2,1H3. The van der Waals surface area contributed by atoms with E-state index in [1.54, 1.807) is 7.11 Å². The van der Waals surface area contributed by atoms with Crippen molar-refractivity contribution in [1.29, 1.82) is 0 Å². The highest BCUT2D eigenvalue weighted by atomic mass is 16.5. The summed E-state index contributed by atoms with van der Waals surface area (Å²) in [5.74, 6) is 1.78. The van der Waals surface area contributed by atoms with Gasteiger partial charge in [-0.2, -0.15) is 4.98 Å². The molecule has 1 aliphatic heterocycles. The number of hydrogen-bond acceptors (Lipinski definition) is 6. The monoisotopic (exact) mass is 261 g/mol. The second-order valence-electron chi connectivity index (χ2n) is 4.54. The Hall–Kier alpha value is -1.92. The quantitative estimate of drug-likeness (QED) is 0.862. The zero-order chi connectivity index (χ0) is 13.2. The van der Waals surface area contributed by atoms with Crippen LogP contribution < -0.4 is 10.1 Å². The highest BCUT2D eigenvalue weighted by Crippen LogP contribution is 2.26. The molecule has 1 aromatic heterocycles. The van der Waals surface area contributed by atoms with Crippen molar-refractivity contribution in [2.75, 3.05) is 13.7 Å². The van der Waals surface area contributed by atoms with Crippen LogP contribution in [0, 0.1) is 0 Å². The van der Waals surface area contributed by atoms with Gasteiger partial charge in [0.1, 0.15) is 5.75 Å². The van der Waals surface area contributed by atoms with Gasteiger partial charge >= 0.3 is 0 Å². The summed E-state index contributed by atoms with van der Waals surface area (Å²) in [7, 11) is 1.62. The maximum atomic E-state index is 9.48. The number of methoxy groups -OCH3 is 1. The minimum atomic E-state index is -0.350. The Morgan fingerprint density at radius 3 is 3.11 bits per heavy atom. The summed E-state index contributed by atoms with van der Waals surface area (Å²) in [4.78, 5) is 4.37. The predicted octanol–water partition coefficient (Wildman–Crippen LogP) is 1.14. The van der Waals surface area contributed by atoms with E-state index >= 15 is 0 Å². The minimum absolute atomic E-state index is 0.0677. The molecular weight excluding hydrogens is 246 g/mol. The number of aliphatic hydroxyl groups is 1. The summed E-state index contributed by atoms with van der Waals surface area (Å²) in [5, 5.41) is 16.6. The molecule has 0 saturated carbocycles. The molecule has 1 aliphatic rings. The van der Waals surface area contributed by atoms with Gasteiger partial charge in [-0.15, -0.1) is 0 Å². The average Bonchev–Trinajstić information content (AvgIpc) is 3.07. The SMILES string of the molecule is COc1cccc(-c2noc(C3CC(O)CN3)n2)c1. The van der Waals surface area contributed by atoms with Crippen molar-refractivity contribution in [1.82, 2.24) is 15.5 Å². The van der Waals surface area contributed by atoms with Crippen molar-refractivity contribution in [3.63, 3.8) is 0 Å². The van der Waals surface area contributed by atoms with Gasteiger partial charge in [0.25, 0.3) is 0 Å². The van der Waals surface area contributed by atoms with Crippen molar-refractivity contribution in [3.05, 3.63) is 30.2 Å². The van der Waals surface area contributed by atoms with E-state index in [2.05, 4.69) is 15.5 Å². The van der Waals surface area contributed by atoms with E-state index in [0.29, 0.717) is 24.7 Å². The third kappa shape index (κ3) is 2.45. The molecular formula is C13H15N3O3. The first kappa shape index (κ1) is 12.1. The van der Waals surface area contributed by atoms with Crippen LogP contribution in [0.25, 0.3) is 11.4 Å². The van der Waals surface area contributed by atoms with Crippen LogP contribution in [0.4, 0.5) is 0 Å². The van der Waals surface area contributed by atoms with Gasteiger partial charge in [-0.05, 0) is 18.6 Å². The molecule has 6 heteroatoms. The fraction of sp³-hybridized carbons (Fsp3) is 0.385. The number of ether oxygens (including phenoxy) is 1. The van der Waals surface area contributed by atoms with Gasteiger partial charge in [0, 0.05) is 12.1 Å². The lowest BCUT2D eigenvalue weighted by Gasteiger charge is -2.02. The topological polar surface area (TPSA) is 80.4 Å². The van der Waals surface area contributed by atoms with Crippen LogP contribution in [0.2, 0.25) is 0 Å². The first-order valence-electron chi connectivity index (χ1n) is 6.16. The largest absolute Gasteiger partial charge is 0.497 e. The van der Waals surface area contributed by atoms with Crippen LogP contribution in [0.3, 0.4) is 0 Å². The lowest BCUT2D eigenvalue weighted by Crippen LogP contribution is -2.15. The van der Waals surface area contributed by atoms with E-state index < -0.39 is 0 Å². The first-order valence-corrected chi connectivity index (χ1v) is 6.16. The molecule has 2 aromatic rings. The zero-order valence-corrected chi connectivity index (χ0v) is 10.5. The van der Waals surface area contributed by atoms with E-state index in [0.717, 1.165) is 11.3 Å². The van der Waals surface area contributed by atoms with Crippen LogP contribution in [0.5, 0.6) is 5.75 Å². The Morgan fingerprint density at radius 1 is 1.47 bits per heavy atom. The fourth-order valence-electron chi connectivity index (χ4n) is 2.16. The van der Waals surface area contributed by atoms with E-state index in [9.17, 15) is 5.11 Å². The summed E-state index contributed by atoms with van der Waals surface area (Å²) in [5.41, 5.74) is 0.841. The van der Waals surface area contributed by atoms with Gasteiger partial charge in [-0.25, -0.2) is 0 Å². The molecule has 19 heavy (non-hydrogen) atoms. The predicted molar refractivity (Wildman–Crippen MR) is 67.7 cm³/mol. The molecule has 0 bridgehead atoms. The number of rotatable bonds is 3. The Bertz CT molecular complexity index is 570. The molecule has 6 nitrogen and oxygen atoms in total. The molecule has 1 aromatic carbocycles. The molecule has 2 N–H and O–H groups in total. The number of nitrogens with zero attached hydrogens (tertiary/aromatic N) is 2. The first-order chi connectivity index (χ1) is 9.26. The van der Waals surface area contributed by atoms with E-state index in [-0.39, 0.29) is 12.1 Å². The molecule has 0 spiro atoms. The second-order valence-corrected chi connectivity index (χ2v) is 4.54. The Labute approximate surface area is 110 Å². The molecule has 2 atom stereocenters. The summed E-state index contributed by atoms with van der Waals surface area (Å²) in [6, 6.07) is 7.42. The Balaban J connectivity index is 1.84. The van der Waals surface area contributed by atoms with Crippen molar-refractivity contribution >= 4 is 0 Å². The van der Waals surface area contributed by atoms with Gasteiger partial charge in [0.05, 0.1) is 19.3 Å². The maximum Gasteiger partial charge on any atom is 0.244 e. The minimum Gasteiger partial charge on any atom is -0.497 e. The van der Waals surface area contributed by atoms with Crippen molar-refractivity contribution < 1.29 is 14.4 Å². The molecule has 2 unspecified atom stereocenters. The van der Waals surface area contributed by atoms with Gasteiger partial charge in [-0.1, -0.05) is 17.3 Å². The number of aliphatic hydroxyl groups excluding tert-OH is 1. The Kier molecular flexibility index (Phi) is 3.18. The van der Waals surface area contributed by atoms with Gasteiger partial charge in [0.15, 0.2) is 0 Å². The van der Waals surface area contributed by atoms with Crippen molar-refractivity contribution in [2.24, 2.45) is 0 Å². The molecule has 0 aliphatic carbocycles. The smallest absolute Gasteiger partial charge is 0.244 e. The summed E-state index contributed by atoms with van der Waals surface area (Å²) < 4.78 is 10.4. The highest BCUT2D eigenvalue weighted by Gasteiger charge is 2.28. The molecule has 1 fully saturated rings. The molecule has 0 amide bonds. The van der Waals surface area contributed by atoms with Crippen molar-refractivity contribution in [2.45, 2.75) is 18.6 Å².